The molecule has 3 rings (SSSR count). The molecule has 1 aromatic carbocycles. The first-order valence-corrected chi connectivity index (χ1v) is 8.69. The van der Waals surface area contributed by atoms with E-state index in [0.29, 0.717) is 6.61 Å². The maximum absolute atomic E-state index is 12.7. The number of carbonyl (C=O) groups is 1. The van der Waals surface area contributed by atoms with Gasteiger partial charge >= 0.3 is 5.97 Å². The van der Waals surface area contributed by atoms with Crippen molar-refractivity contribution in [1.82, 2.24) is 0 Å². The summed E-state index contributed by atoms with van der Waals surface area (Å²) in [5.41, 5.74) is 0.189. The molecule has 0 aromatic heterocycles. The number of ether oxygens (including phenoxy) is 1. The van der Waals surface area contributed by atoms with Crippen LogP contribution in [-0.4, -0.2) is 32.7 Å². The summed E-state index contributed by atoms with van der Waals surface area (Å²) in [5, 5.41) is 9.03. The van der Waals surface area contributed by atoms with Gasteiger partial charge in [0.15, 0.2) is 0 Å². The lowest BCUT2D eigenvalue weighted by atomic mass is 9.92. The minimum Gasteiger partial charge on any atom is -0.478 e. The largest absolute Gasteiger partial charge is 0.478 e. The van der Waals surface area contributed by atoms with Gasteiger partial charge < -0.3 is 9.84 Å². The first-order valence-electron chi connectivity index (χ1n) is 7.48. The number of carboxylic acid groups (broad SMARTS) is 1. The Labute approximate surface area is 127 Å². The molecular weight excluding hydrogens is 288 g/mol. The normalized spacial score (nSPS) is 25.8. The maximum atomic E-state index is 12.7. The fourth-order valence-electron chi connectivity index (χ4n) is 3.46. The molecule has 1 aromatic rings. The van der Waals surface area contributed by atoms with E-state index in [-0.39, 0.29) is 16.4 Å². The Balaban J connectivity index is 1.73. The van der Waals surface area contributed by atoms with Crippen LogP contribution in [0.1, 0.15) is 48.9 Å². The van der Waals surface area contributed by atoms with E-state index in [1.54, 1.807) is 12.1 Å². The molecule has 0 bridgehead atoms. The molecule has 114 valence electrons. The smallest absolute Gasteiger partial charge is 0.335 e. The lowest BCUT2D eigenvalue weighted by Gasteiger charge is -2.37. The van der Waals surface area contributed by atoms with Crippen molar-refractivity contribution < 1.29 is 18.8 Å². The molecule has 5 heteroatoms. The van der Waals surface area contributed by atoms with Crippen molar-refractivity contribution in [3.63, 3.8) is 0 Å². The fraction of sp³-hybridized carbons (Fsp3) is 0.562. The number of hydrogen-bond acceptors (Lipinski definition) is 3. The molecule has 2 fully saturated rings. The van der Waals surface area contributed by atoms with Crippen molar-refractivity contribution >= 4 is 16.8 Å². The molecule has 0 amide bonds. The van der Waals surface area contributed by atoms with Gasteiger partial charge in [-0.15, -0.1) is 0 Å². The second-order valence-electron chi connectivity index (χ2n) is 5.98. The second kappa shape index (κ2) is 5.89. The average Bonchev–Trinajstić information content (AvgIpc) is 2.94. The zero-order valence-electron chi connectivity index (χ0n) is 11.9. The van der Waals surface area contributed by atoms with Gasteiger partial charge in [0.1, 0.15) is 0 Å². The zero-order chi connectivity index (χ0) is 14.9. The summed E-state index contributed by atoms with van der Waals surface area (Å²) < 4.78 is 18.7. The van der Waals surface area contributed by atoms with Crippen molar-refractivity contribution in [2.24, 2.45) is 0 Å². The Morgan fingerprint density at radius 2 is 1.90 bits per heavy atom. The lowest BCUT2D eigenvalue weighted by molar-refractivity contribution is -0.0708. The summed E-state index contributed by atoms with van der Waals surface area (Å²) in [4.78, 5) is 11.6. The molecule has 1 N–H and O–H groups in total. The summed E-state index contributed by atoms with van der Waals surface area (Å²) in [6, 6.07) is 6.41. The molecule has 1 saturated carbocycles. The molecule has 1 heterocycles. The van der Waals surface area contributed by atoms with Crippen LogP contribution < -0.4 is 0 Å². The van der Waals surface area contributed by atoms with Gasteiger partial charge in [-0.05, 0) is 49.9 Å². The summed E-state index contributed by atoms with van der Waals surface area (Å²) in [7, 11) is -1.09. The third-order valence-corrected chi connectivity index (χ3v) is 6.34. The number of hydrogen-bond donors (Lipinski definition) is 1. The van der Waals surface area contributed by atoms with Crippen LogP contribution in [0.2, 0.25) is 0 Å². The number of benzene rings is 1. The highest BCUT2D eigenvalue weighted by Crippen LogP contribution is 2.41. The van der Waals surface area contributed by atoms with Gasteiger partial charge in [0.25, 0.3) is 0 Å². The Kier molecular flexibility index (Phi) is 4.13. The Morgan fingerprint density at radius 1 is 1.24 bits per heavy atom. The molecule has 1 spiro atoms. The van der Waals surface area contributed by atoms with E-state index in [1.165, 1.54) is 25.0 Å². The van der Waals surface area contributed by atoms with Gasteiger partial charge in [-0.1, -0.05) is 12.8 Å². The SMILES string of the molecule is O=C(O)c1ccc(S(=O)C2CCOC3(CCCC3)C2)cc1. The highest BCUT2D eigenvalue weighted by atomic mass is 32.2. The van der Waals surface area contributed by atoms with Gasteiger partial charge in [-0.3, -0.25) is 4.21 Å². The number of carboxylic acids is 1. The Hall–Kier alpha value is -1.20. The lowest BCUT2D eigenvalue weighted by Crippen LogP contribution is -2.41. The standard InChI is InChI=1S/C16H20O4S/c17-15(18)12-3-5-13(6-4-12)21(19)14-7-10-20-16(11-14)8-1-2-9-16/h3-6,14H,1-2,7-11H2,(H,17,18). The number of aromatic carboxylic acids is 1. The van der Waals surface area contributed by atoms with E-state index in [9.17, 15) is 9.00 Å². The molecule has 4 nitrogen and oxygen atoms in total. The van der Waals surface area contributed by atoms with E-state index in [2.05, 4.69) is 0 Å². The topological polar surface area (TPSA) is 63.6 Å². The zero-order valence-corrected chi connectivity index (χ0v) is 12.7. The molecule has 1 aliphatic heterocycles. The predicted octanol–water partition coefficient (Wildman–Crippen LogP) is 2.98. The predicted molar refractivity (Wildman–Crippen MR) is 80.0 cm³/mol. The first-order chi connectivity index (χ1) is 10.1. The Morgan fingerprint density at radius 3 is 2.52 bits per heavy atom. The van der Waals surface area contributed by atoms with Gasteiger partial charge in [0.05, 0.1) is 22.0 Å². The molecule has 2 atom stereocenters. The van der Waals surface area contributed by atoms with Gasteiger partial charge in [-0.25, -0.2) is 4.79 Å². The fourth-order valence-corrected chi connectivity index (χ4v) is 5.01. The van der Waals surface area contributed by atoms with Crippen LogP contribution >= 0.6 is 0 Å². The van der Waals surface area contributed by atoms with Crippen molar-refractivity contribution in [1.29, 1.82) is 0 Å². The van der Waals surface area contributed by atoms with Crippen molar-refractivity contribution in [2.45, 2.75) is 54.3 Å². The van der Waals surface area contributed by atoms with Crippen LogP contribution in [-0.2, 0) is 15.5 Å². The van der Waals surface area contributed by atoms with E-state index in [4.69, 9.17) is 9.84 Å². The molecule has 1 saturated heterocycles. The first kappa shape index (κ1) is 14.7. The molecule has 21 heavy (non-hydrogen) atoms. The highest BCUT2D eigenvalue weighted by molar-refractivity contribution is 7.85. The summed E-state index contributed by atoms with van der Waals surface area (Å²) in [5.74, 6) is -0.955. The van der Waals surface area contributed by atoms with Crippen molar-refractivity contribution in [3.05, 3.63) is 29.8 Å². The van der Waals surface area contributed by atoms with Crippen LogP contribution in [0.4, 0.5) is 0 Å². The highest BCUT2D eigenvalue weighted by Gasteiger charge is 2.41. The summed E-state index contributed by atoms with van der Waals surface area (Å²) in [6.45, 7) is 0.684. The summed E-state index contributed by atoms with van der Waals surface area (Å²) >= 11 is 0. The van der Waals surface area contributed by atoms with Crippen molar-refractivity contribution in [3.8, 4) is 0 Å². The van der Waals surface area contributed by atoms with E-state index >= 15 is 0 Å². The quantitative estimate of drug-likeness (QED) is 0.932. The van der Waals surface area contributed by atoms with Crippen LogP contribution in [0.15, 0.2) is 29.2 Å². The molecule has 2 unspecified atom stereocenters. The van der Waals surface area contributed by atoms with E-state index in [0.717, 1.165) is 30.6 Å². The van der Waals surface area contributed by atoms with E-state index in [1.807, 2.05) is 0 Å². The van der Waals surface area contributed by atoms with Crippen LogP contribution in [0.3, 0.4) is 0 Å². The second-order valence-corrected chi connectivity index (χ2v) is 7.71. The average molecular weight is 308 g/mol. The van der Waals surface area contributed by atoms with Crippen LogP contribution in [0, 0.1) is 0 Å². The third kappa shape index (κ3) is 3.04. The number of rotatable bonds is 3. The van der Waals surface area contributed by atoms with Gasteiger partial charge in [0, 0.05) is 16.8 Å². The maximum Gasteiger partial charge on any atom is 0.335 e. The molecule has 0 radical (unpaired) electrons. The van der Waals surface area contributed by atoms with Crippen LogP contribution in [0.25, 0.3) is 0 Å². The van der Waals surface area contributed by atoms with Crippen molar-refractivity contribution in [2.75, 3.05) is 6.61 Å². The Bertz CT molecular complexity index is 546. The monoisotopic (exact) mass is 308 g/mol. The molecule has 2 aliphatic rings. The van der Waals surface area contributed by atoms with Crippen LogP contribution in [0.5, 0.6) is 0 Å². The van der Waals surface area contributed by atoms with Gasteiger partial charge in [-0.2, -0.15) is 0 Å². The van der Waals surface area contributed by atoms with Gasteiger partial charge in [0.2, 0.25) is 0 Å². The molecular formula is C16H20O4S. The minimum atomic E-state index is -1.09. The third-order valence-electron chi connectivity index (χ3n) is 4.60. The molecule has 1 aliphatic carbocycles. The summed E-state index contributed by atoms with van der Waals surface area (Å²) in [6.07, 6.45) is 6.24. The van der Waals surface area contributed by atoms with E-state index < -0.39 is 16.8 Å². The minimum absolute atomic E-state index is 0.0421.